The lowest BCUT2D eigenvalue weighted by Gasteiger charge is -2.09. The van der Waals surface area contributed by atoms with E-state index < -0.39 is 0 Å². The van der Waals surface area contributed by atoms with E-state index in [2.05, 4.69) is 6.08 Å². The Morgan fingerprint density at radius 3 is 2.87 bits per heavy atom. The van der Waals surface area contributed by atoms with Crippen LogP contribution >= 0.6 is 0 Å². The fraction of sp³-hybridized carbons (Fsp3) is 0.750. The number of hydrogen-bond acceptors (Lipinski definition) is 3. The van der Waals surface area contributed by atoms with Crippen molar-refractivity contribution in [3.05, 3.63) is 11.6 Å². The molecule has 2 aliphatic rings. The molecule has 0 aromatic heterocycles. The van der Waals surface area contributed by atoms with E-state index in [-0.39, 0.29) is 12.1 Å². The lowest BCUT2D eigenvalue weighted by atomic mass is 10.0. The quantitative estimate of drug-likeness (QED) is 0.716. The molecule has 3 nitrogen and oxygen atoms in total. The van der Waals surface area contributed by atoms with Gasteiger partial charge in [0, 0.05) is 0 Å². The number of carbonyl (C=O) groups is 1. The maximum atomic E-state index is 11.9. The Hall–Kier alpha value is -0.670. The lowest BCUT2D eigenvalue weighted by Crippen LogP contribution is -2.15. The van der Waals surface area contributed by atoms with Crippen LogP contribution in [0.5, 0.6) is 0 Å². The van der Waals surface area contributed by atoms with E-state index in [1.807, 2.05) is 0 Å². The van der Waals surface area contributed by atoms with Gasteiger partial charge in [0.05, 0.1) is 19.6 Å². The number of allylic oxidation sites excluding steroid dienone is 2. The molecule has 1 aliphatic heterocycles. The highest BCUT2D eigenvalue weighted by molar-refractivity contribution is 5.95. The summed E-state index contributed by atoms with van der Waals surface area (Å²) in [5, 5.41) is 0. The van der Waals surface area contributed by atoms with Crippen LogP contribution in [0, 0.1) is 0 Å². The first-order valence-corrected chi connectivity index (χ1v) is 5.82. The summed E-state index contributed by atoms with van der Waals surface area (Å²) < 4.78 is 10.6. The van der Waals surface area contributed by atoms with Crippen molar-refractivity contribution in [2.75, 3.05) is 13.2 Å². The predicted octanol–water partition coefficient (Wildman–Crippen LogP) is 2.21. The Morgan fingerprint density at radius 1 is 1.27 bits per heavy atom. The topological polar surface area (TPSA) is 35.5 Å². The monoisotopic (exact) mass is 210 g/mol. The van der Waals surface area contributed by atoms with E-state index in [0.717, 1.165) is 24.8 Å². The Labute approximate surface area is 90.4 Å². The van der Waals surface area contributed by atoms with Crippen LogP contribution in [0.2, 0.25) is 0 Å². The third kappa shape index (κ3) is 3.14. The largest absolute Gasteiger partial charge is 0.350 e. The molecule has 0 spiro atoms. The smallest absolute Gasteiger partial charge is 0.165 e. The third-order valence-corrected chi connectivity index (χ3v) is 2.94. The average molecular weight is 210 g/mol. The molecule has 0 amide bonds. The predicted molar refractivity (Wildman–Crippen MR) is 56.5 cm³/mol. The van der Waals surface area contributed by atoms with Gasteiger partial charge in [0.25, 0.3) is 0 Å². The van der Waals surface area contributed by atoms with E-state index in [1.54, 1.807) is 0 Å². The van der Waals surface area contributed by atoms with Crippen LogP contribution in [-0.2, 0) is 14.3 Å². The van der Waals surface area contributed by atoms with Crippen LogP contribution in [-0.4, -0.2) is 25.3 Å². The molecule has 2 rings (SSSR count). The standard InChI is InChI=1S/C12H18O3/c13-11(9-12-14-7-8-15-12)10-5-3-1-2-4-6-10/h5,12H,1-4,6-9H2. The summed E-state index contributed by atoms with van der Waals surface area (Å²) in [7, 11) is 0. The number of ether oxygens (including phenoxy) is 2. The maximum Gasteiger partial charge on any atom is 0.165 e. The van der Waals surface area contributed by atoms with Gasteiger partial charge in [0.15, 0.2) is 12.1 Å². The van der Waals surface area contributed by atoms with E-state index >= 15 is 0 Å². The molecule has 1 saturated heterocycles. The minimum absolute atomic E-state index is 0.212. The number of Topliss-reactive ketones (excluding diaryl/α,β-unsaturated/α-hetero) is 1. The summed E-state index contributed by atoms with van der Waals surface area (Å²) in [6.07, 6.45) is 7.79. The normalized spacial score (nSPS) is 23.6. The molecular weight excluding hydrogens is 192 g/mol. The number of carbonyl (C=O) groups excluding carboxylic acids is 1. The number of hydrogen-bond donors (Lipinski definition) is 0. The first-order chi connectivity index (χ1) is 7.36. The van der Waals surface area contributed by atoms with Crippen molar-refractivity contribution in [1.29, 1.82) is 0 Å². The molecule has 3 heteroatoms. The molecule has 0 bridgehead atoms. The van der Waals surface area contributed by atoms with Gasteiger partial charge in [-0.15, -0.1) is 0 Å². The first kappa shape index (κ1) is 10.8. The molecule has 15 heavy (non-hydrogen) atoms. The van der Waals surface area contributed by atoms with Gasteiger partial charge in [-0.1, -0.05) is 12.5 Å². The lowest BCUT2D eigenvalue weighted by molar-refractivity contribution is -0.124. The van der Waals surface area contributed by atoms with Crippen molar-refractivity contribution in [1.82, 2.24) is 0 Å². The Kier molecular flexibility index (Phi) is 3.92. The van der Waals surface area contributed by atoms with Crippen LogP contribution < -0.4 is 0 Å². The Balaban J connectivity index is 1.85. The van der Waals surface area contributed by atoms with Crippen LogP contribution in [0.15, 0.2) is 11.6 Å². The average Bonchev–Trinajstić information content (AvgIpc) is 2.58. The second-order valence-corrected chi connectivity index (χ2v) is 4.13. The molecule has 0 aromatic rings. The van der Waals surface area contributed by atoms with Crippen molar-refractivity contribution >= 4 is 5.78 Å². The van der Waals surface area contributed by atoms with Crippen LogP contribution in [0.1, 0.15) is 38.5 Å². The van der Waals surface area contributed by atoms with Crippen LogP contribution in [0.25, 0.3) is 0 Å². The highest BCUT2D eigenvalue weighted by atomic mass is 16.7. The summed E-state index contributed by atoms with van der Waals surface area (Å²) >= 11 is 0. The molecule has 1 fully saturated rings. The molecule has 0 N–H and O–H groups in total. The van der Waals surface area contributed by atoms with E-state index in [0.29, 0.717) is 19.6 Å². The van der Waals surface area contributed by atoms with Gasteiger partial charge >= 0.3 is 0 Å². The highest BCUT2D eigenvalue weighted by Crippen LogP contribution is 2.20. The molecule has 0 aromatic carbocycles. The van der Waals surface area contributed by atoms with Crippen molar-refractivity contribution < 1.29 is 14.3 Å². The van der Waals surface area contributed by atoms with Gasteiger partial charge < -0.3 is 9.47 Å². The van der Waals surface area contributed by atoms with Crippen molar-refractivity contribution in [3.8, 4) is 0 Å². The second kappa shape index (κ2) is 5.42. The van der Waals surface area contributed by atoms with Gasteiger partial charge in [0.2, 0.25) is 0 Å². The van der Waals surface area contributed by atoms with E-state index in [9.17, 15) is 4.79 Å². The van der Waals surface area contributed by atoms with Crippen LogP contribution in [0.4, 0.5) is 0 Å². The van der Waals surface area contributed by atoms with Crippen molar-refractivity contribution in [2.45, 2.75) is 44.8 Å². The number of rotatable bonds is 3. The summed E-state index contributed by atoms with van der Waals surface area (Å²) in [6, 6.07) is 0. The minimum atomic E-state index is -0.290. The molecule has 84 valence electrons. The zero-order chi connectivity index (χ0) is 10.5. The van der Waals surface area contributed by atoms with Crippen molar-refractivity contribution in [3.63, 3.8) is 0 Å². The van der Waals surface area contributed by atoms with Gasteiger partial charge in [-0.3, -0.25) is 4.79 Å². The van der Waals surface area contributed by atoms with Crippen LogP contribution in [0.3, 0.4) is 0 Å². The minimum Gasteiger partial charge on any atom is -0.350 e. The highest BCUT2D eigenvalue weighted by Gasteiger charge is 2.21. The van der Waals surface area contributed by atoms with E-state index in [1.165, 1.54) is 12.8 Å². The number of ketones is 1. The second-order valence-electron chi connectivity index (χ2n) is 4.13. The maximum absolute atomic E-state index is 11.9. The fourth-order valence-electron chi connectivity index (χ4n) is 2.08. The van der Waals surface area contributed by atoms with Crippen molar-refractivity contribution in [2.24, 2.45) is 0 Å². The zero-order valence-corrected chi connectivity index (χ0v) is 9.04. The molecule has 1 heterocycles. The first-order valence-electron chi connectivity index (χ1n) is 5.82. The summed E-state index contributed by atoms with van der Waals surface area (Å²) in [5.41, 5.74) is 0.992. The molecule has 0 atom stereocenters. The molecular formula is C12H18O3. The molecule has 1 aliphatic carbocycles. The molecule has 0 saturated carbocycles. The SMILES string of the molecule is O=C(CC1OCCO1)C1=CCCCCC1. The summed E-state index contributed by atoms with van der Waals surface area (Å²) in [5.74, 6) is 0.212. The van der Waals surface area contributed by atoms with Gasteiger partial charge in [-0.2, -0.15) is 0 Å². The zero-order valence-electron chi connectivity index (χ0n) is 9.04. The van der Waals surface area contributed by atoms with Gasteiger partial charge in [-0.25, -0.2) is 0 Å². The van der Waals surface area contributed by atoms with E-state index in [4.69, 9.17) is 9.47 Å². The fourth-order valence-corrected chi connectivity index (χ4v) is 2.08. The van der Waals surface area contributed by atoms with Gasteiger partial charge in [0.1, 0.15) is 0 Å². The summed E-state index contributed by atoms with van der Waals surface area (Å²) in [6.45, 7) is 1.24. The third-order valence-electron chi connectivity index (χ3n) is 2.94. The Bertz CT molecular complexity index is 252. The molecule has 0 unspecified atom stereocenters. The summed E-state index contributed by atoms with van der Waals surface area (Å²) in [4.78, 5) is 11.9. The molecule has 0 radical (unpaired) electrons. The Morgan fingerprint density at radius 2 is 2.07 bits per heavy atom. The van der Waals surface area contributed by atoms with Gasteiger partial charge in [-0.05, 0) is 31.3 Å².